The summed E-state index contributed by atoms with van der Waals surface area (Å²) < 4.78 is 2.08. The van der Waals surface area contributed by atoms with Crippen LogP contribution in [0, 0.1) is 10.1 Å². The van der Waals surface area contributed by atoms with Crippen LogP contribution in [-0.2, 0) is 6.42 Å². The monoisotopic (exact) mass is 475 g/mol. The van der Waals surface area contributed by atoms with Crippen molar-refractivity contribution >= 4 is 50.5 Å². The van der Waals surface area contributed by atoms with Gasteiger partial charge in [0, 0.05) is 38.7 Å². The van der Waals surface area contributed by atoms with E-state index in [2.05, 4.69) is 28.9 Å². The van der Waals surface area contributed by atoms with Crippen LogP contribution in [0.4, 0.5) is 5.69 Å². The molecule has 144 valence electrons. The summed E-state index contributed by atoms with van der Waals surface area (Å²) in [4.78, 5) is 24.9. The SMILES string of the molecule is CCc1cc(Br)c(S[C@H](CC(=O)c2ccccc2)c2cccc([N+](=O)[O-])c2)s1. The number of carbonyl (C=O) groups is 1. The Kier molecular flexibility index (Phi) is 7.04. The summed E-state index contributed by atoms with van der Waals surface area (Å²) in [6, 6.07) is 17.8. The zero-order chi connectivity index (χ0) is 20.1. The second-order valence-corrected chi connectivity index (χ2v) is 9.62. The van der Waals surface area contributed by atoms with E-state index in [0.29, 0.717) is 5.56 Å². The summed E-state index contributed by atoms with van der Waals surface area (Å²) in [6.07, 6.45) is 1.20. The topological polar surface area (TPSA) is 60.2 Å². The van der Waals surface area contributed by atoms with E-state index in [1.807, 2.05) is 24.3 Å². The van der Waals surface area contributed by atoms with Crippen LogP contribution in [0.25, 0.3) is 0 Å². The van der Waals surface area contributed by atoms with Crippen LogP contribution in [0.1, 0.15) is 39.4 Å². The molecular formula is C21H18BrNO3S2. The molecule has 1 heterocycles. The number of rotatable bonds is 8. The van der Waals surface area contributed by atoms with Gasteiger partial charge in [-0.1, -0.05) is 49.4 Å². The Morgan fingerprint density at radius 3 is 2.57 bits per heavy atom. The fourth-order valence-electron chi connectivity index (χ4n) is 2.76. The number of aryl methyl sites for hydroxylation is 1. The number of nitro benzene ring substituents is 1. The average Bonchev–Trinajstić information content (AvgIpc) is 3.07. The van der Waals surface area contributed by atoms with Crippen molar-refractivity contribution in [2.45, 2.75) is 29.2 Å². The highest BCUT2D eigenvalue weighted by molar-refractivity contribution is 9.10. The number of hydrogen-bond donors (Lipinski definition) is 0. The molecule has 0 radical (unpaired) electrons. The number of thioether (sulfide) groups is 1. The lowest BCUT2D eigenvalue weighted by atomic mass is 10.0. The van der Waals surface area contributed by atoms with Crippen LogP contribution in [-0.4, -0.2) is 10.7 Å². The van der Waals surface area contributed by atoms with Crippen molar-refractivity contribution in [1.82, 2.24) is 0 Å². The van der Waals surface area contributed by atoms with E-state index >= 15 is 0 Å². The number of non-ortho nitro benzene ring substituents is 1. The standard InChI is InChI=1S/C21H18BrNO3S2/c1-2-17-12-18(22)21(27-17)28-20(13-19(24)14-7-4-3-5-8-14)15-9-6-10-16(11-15)23(25)26/h3-12,20H,2,13H2,1H3/t20-/m1/s1. The van der Waals surface area contributed by atoms with Crippen molar-refractivity contribution in [1.29, 1.82) is 0 Å². The molecule has 0 fully saturated rings. The van der Waals surface area contributed by atoms with Crippen LogP contribution in [0.2, 0.25) is 0 Å². The molecule has 0 aliphatic carbocycles. The van der Waals surface area contributed by atoms with Crippen molar-refractivity contribution in [2.75, 3.05) is 0 Å². The molecule has 28 heavy (non-hydrogen) atoms. The second kappa shape index (κ2) is 9.49. The first-order chi connectivity index (χ1) is 13.5. The molecule has 7 heteroatoms. The molecule has 3 rings (SSSR count). The zero-order valence-corrected chi connectivity index (χ0v) is 18.4. The Morgan fingerprint density at radius 2 is 1.93 bits per heavy atom. The third kappa shape index (κ3) is 5.10. The third-order valence-corrected chi connectivity index (χ3v) is 8.14. The van der Waals surface area contributed by atoms with Gasteiger partial charge in [0.25, 0.3) is 5.69 Å². The van der Waals surface area contributed by atoms with Crippen LogP contribution >= 0.6 is 39.0 Å². The Balaban J connectivity index is 1.93. The minimum atomic E-state index is -0.402. The Labute approximate surface area is 180 Å². The first-order valence-electron chi connectivity index (χ1n) is 8.75. The highest BCUT2D eigenvalue weighted by Gasteiger charge is 2.22. The molecule has 2 aromatic carbocycles. The number of Topliss-reactive ketones (excluding diaryl/α,β-unsaturated/α-hetero) is 1. The fraction of sp³-hybridized carbons (Fsp3) is 0.190. The maximum atomic E-state index is 12.8. The first-order valence-corrected chi connectivity index (χ1v) is 11.2. The molecule has 0 amide bonds. The maximum Gasteiger partial charge on any atom is 0.269 e. The van der Waals surface area contributed by atoms with Crippen molar-refractivity contribution in [3.05, 3.63) is 91.3 Å². The van der Waals surface area contributed by atoms with Crippen molar-refractivity contribution in [3.63, 3.8) is 0 Å². The van der Waals surface area contributed by atoms with Crippen LogP contribution < -0.4 is 0 Å². The van der Waals surface area contributed by atoms with Gasteiger partial charge in [-0.2, -0.15) is 0 Å². The van der Waals surface area contributed by atoms with Gasteiger partial charge in [-0.15, -0.1) is 23.1 Å². The molecule has 1 aromatic heterocycles. The number of hydrogen-bond acceptors (Lipinski definition) is 5. The quantitative estimate of drug-likeness (QED) is 0.151. The second-order valence-electron chi connectivity index (χ2n) is 6.15. The van der Waals surface area contributed by atoms with Gasteiger partial charge in [0.05, 0.1) is 9.13 Å². The summed E-state index contributed by atoms with van der Waals surface area (Å²) >= 11 is 6.87. The molecule has 0 aliphatic rings. The lowest BCUT2D eigenvalue weighted by Gasteiger charge is -2.16. The van der Waals surface area contributed by atoms with Gasteiger partial charge in [0.2, 0.25) is 0 Å². The number of nitrogens with zero attached hydrogens (tertiary/aromatic N) is 1. The minimum Gasteiger partial charge on any atom is -0.294 e. The van der Waals surface area contributed by atoms with Gasteiger partial charge in [0.15, 0.2) is 5.78 Å². The maximum absolute atomic E-state index is 12.8. The summed E-state index contributed by atoms with van der Waals surface area (Å²) in [5.74, 6) is 0.0213. The molecule has 0 spiro atoms. The van der Waals surface area contributed by atoms with Crippen LogP contribution in [0.3, 0.4) is 0 Å². The summed E-state index contributed by atoms with van der Waals surface area (Å²) in [5.41, 5.74) is 1.47. The van der Waals surface area contributed by atoms with Gasteiger partial charge >= 0.3 is 0 Å². The molecule has 4 nitrogen and oxygen atoms in total. The summed E-state index contributed by atoms with van der Waals surface area (Å²) in [5, 5.41) is 11.0. The molecule has 0 saturated heterocycles. The Hall–Kier alpha value is -1.96. The highest BCUT2D eigenvalue weighted by atomic mass is 79.9. The van der Waals surface area contributed by atoms with E-state index < -0.39 is 4.92 Å². The number of ketones is 1. The predicted molar refractivity (Wildman–Crippen MR) is 118 cm³/mol. The number of nitro groups is 1. The molecule has 0 N–H and O–H groups in total. The molecule has 0 bridgehead atoms. The lowest BCUT2D eigenvalue weighted by Crippen LogP contribution is -2.05. The zero-order valence-electron chi connectivity index (χ0n) is 15.1. The van der Waals surface area contributed by atoms with E-state index in [1.165, 1.54) is 10.9 Å². The Bertz CT molecular complexity index is 988. The van der Waals surface area contributed by atoms with Crippen molar-refractivity contribution in [3.8, 4) is 0 Å². The number of benzene rings is 2. The Morgan fingerprint density at radius 1 is 1.18 bits per heavy atom. The summed E-state index contributed by atoms with van der Waals surface area (Å²) in [6.45, 7) is 2.10. The molecule has 0 unspecified atom stereocenters. The average molecular weight is 476 g/mol. The van der Waals surface area contributed by atoms with E-state index in [0.717, 1.165) is 20.7 Å². The van der Waals surface area contributed by atoms with Crippen molar-refractivity contribution in [2.24, 2.45) is 0 Å². The largest absolute Gasteiger partial charge is 0.294 e. The van der Waals surface area contributed by atoms with Crippen LogP contribution in [0.5, 0.6) is 0 Å². The molecule has 3 aromatic rings. The molecule has 0 aliphatic heterocycles. The van der Waals surface area contributed by atoms with Crippen molar-refractivity contribution < 1.29 is 9.72 Å². The van der Waals surface area contributed by atoms with E-state index in [1.54, 1.807) is 47.4 Å². The van der Waals surface area contributed by atoms with E-state index in [9.17, 15) is 14.9 Å². The molecule has 0 saturated carbocycles. The van der Waals surface area contributed by atoms with Crippen LogP contribution in [0.15, 0.2) is 69.3 Å². The first kappa shape index (κ1) is 20.8. The predicted octanol–water partition coefficient (Wildman–Crippen LogP) is 7.09. The van der Waals surface area contributed by atoms with Gasteiger partial charge in [0.1, 0.15) is 0 Å². The minimum absolute atomic E-state index is 0.0213. The van der Waals surface area contributed by atoms with Gasteiger partial charge in [-0.25, -0.2) is 0 Å². The smallest absolute Gasteiger partial charge is 0.269 e. The lowest BCUT2D eigenvalue weighted by molar-refractivity contribution is -0.384. The normalized spacial score (nSPS) is 11.9. The molecular weight excluding hydrogens is 458 g/mol. The number of halogens is 1. The highest BCUT2D eigenvalue weighted by Crippen LogP contribution is 2.46. The van der Waals surface area contributed by atoms with E-state index in [-0.39, 0.29) is 23.1 Å². The number of carbonyl (C=O) groups excluding carboxylic acids is 1. The summed E-state index contributed by atoms with van der Waals surface area (Å²) in [7, 11) is 0. The third-order valence-electron chi connectivity index (χ3n) is 4.22. The van der Waals surface area contributed by atoms with Gasteiger partial charge < -0.3 is 0 Å². The van der Waals surface area contributed by atoms with Gasteiger partial charge in [-0.05, 0) is 34.0 Å². The fourth-order valence-corrected chi connectivity index (χ4v) is 6.23. The van der Waals surface area contributed by atoms with Gasteiger partial charge in [-0.3, -0.25) is 14.9 Å². The molecule has 1 atom stereocenters. The number of thiophene rings is 1. The van der Waals surface area contributed by atoms with E-state index in [4.69, 9.17) is 0 Å².